The van der Waals surface area contributed by atoms with Crippen molar-refractivity contribution in [1.29, 1.82) is 0 Å². The zero-order valence-corrected chi connectivity index (χ0v) is 13.4. The Labute approximate surface area is 139 Å². The topological polar surface area (TPSA) is 58.2 Å². The maximum absolute atomic E-state index is 13.4. The average Bonchev–Trinajstić information content (AvgIpc) is 3.11. The lowest BCUT2D eigenvalue weighted by atomic mass is 9.87. The molecule has 1 aromatic carbocycles. The number of carbonyl (C=O) groups excluding carboxylic acids is 1. The molecule has 0 unspecified atom stereocenters. The van der Waals surface area contributed by atoms with Crippen LogP contribution in [0.5, 0.6) is 5.75 Å². The number of benzene rings is 1. The number of hydrogen-bond donors (Lipinski definition) is 1. The van der Waals surface area contributed by atoms with Crippen molar-refractivity contribution >= 4 is 11.6 Å². The molecule has 0 radical (unpaired) electrons. The van der Waals surface area contributed by atoms with E-state index in [0.717, 1.165) is 18.5 Å². The highest BCUT2D eigenvalue weighted by atomic mass is 19.1. The molecule has 1 fully saturated rings. The molecule has 6 heteroatoms. The quantitative estimate of drug-likeness (QED) is 0.915. The summed E-state index contributed by atoms with van der Waals surface area (Å²) < 4.78 is 18.8. The summed E-state index contributed by atoms with van der Waals surface area (Å²) in [5.41, 5.74) is 2.05. The number of nitrogens with one attached hydrogen (secondary N) is 1. The summed E-state index contributed by atoms with van der Waals surface area (Å²) in [7, 11) is 0. The number of amides is 1. The fraction of sp³-hybridized carbons (Fsp3) is 0.444. The number of anilines is 1. The lowest BCUT2D eigenvalue weighted by Gasteiger charge is -2.28. The Kier molecular flexibility index (Phi) is 3.96. The van der Waals surface area contributed by atoms with Crippen LogP contribution in [-0.2, 0) is 0 Å². The third kappa shape index (κ3) is 2.77. The Balaban J connectivity index is 1.57. The molecule has 0 saturated heterocycles. The van der Waals surface area contributed by atoms with Gasteiger partial charge in [0.05, 0.1) is 12.2 Å². The molecule has 2 aliphatic rings. The molecule has 1 saturated carbocycles. The van der Waals surface area contributed by atoms with Crippen molar-refractivity contribution in [3.8, 4) is 5.75 Å². The summed E-state index contributed by atoms with van der Waals surface area (Å²) in [5.74, 6) is 0.323. The van der Waals surface area contributed by atoms with Crippen LogP contribution in [0.1, 0.15) is 54.2 Å². The molecule has 4 rings (SSSR count). The molecule has 24 heavy (non-hydrogen) atoms. The van der Waals surface area contributed by atoms with Crippen LogP contribution in [0, 0.1) is 5.82 Å². The predicted molar refractivity (Wildman–Crippen MR) is 88.0 cm³/mol. The average molecular weight is 329 g/mol. The molecule has 1 aliphatic heterocycles. The maximum Gasteiger partial charge on any atom is 0.278 e. The van der Waals surface area contributed by atoms with E-state index in [9.17, 15) is 9.18 Å². The minimum Gasteiger partial charge on any atom is -0.489 e. The minimum atomic E-state index is -0.373. The van der Waals surface area contributed by atoms with Crippen LogP contribution in [0.3, 0.4) is 0 Å². The maximum atomic E-state index is 13.4. The SMILES string of the molecule is O=C(c1cc(C2CCCCC2)[nH]n1)N1CCOc2cc(F)ccc21. The minimum absolute atomic E-state index is 0.176. The molecule has 0 atom stereocenters. The van der Waals surface area contributed by atoms with Crippen molar-refractivity contribution in [2.45, 2.75) is 38.0 Å². The number of aromatic nitrogens is 2. The second kappa shape index (κ2) is 6.26. The first-order valence-electron chi connectivity index (χ1n) is 8.52. The summed E-state index contributed by atoms with van der Waals surface area (Å²) in [6.07, 6.45) is 6.05. The van der Waals surface area contributed by atoms with Gasteiger partial charge in [-0.3, -0.25) is 9.89 Å². The number of ether oxygens (including phenoxy) is 1. The van der Waals surface area contributed by atoms with E-state index in [1.165, 1.54) is 31.4 Å². The summed E-state index contributed by atoms with van der Waals surface area (Å²) in [6.45, 7) is 0.783. The number of nitrogens with zero attached hydrogens (tertiary/aromatic N) is 2. The number of halogens is 1. The fourth-order valence-corrected chi connectivity index (χ4v) is 3.61. The summed E-state index contributed by atoms with van der Waals surface area (Å²) in [6, 6.07) is 6.10. The van der Waals surface area contributed by atoms with Crippen LogP contribution in [0.4, 0.5) is 10.1 Å². The van der Waals surface area contributed by atoms with Gasteiger partial charge in [-0.15, -0.1) is 0 Å². The number of rotatable bonds is 2. The van der Waals surface area contributed by atoms with Gasteiger partial charge in [-0.2, -0.15) is 5.10 Å². The second-order valence-electron chi connectivity index (χ2n) is 6.46. The smallest absolute Gasteiger partial charge is 0.278 e. The normalized spacial score (nSPS) is 18.1. The number of H-pyrrole nitrogens is 1. The Bertz CT molecular complexity index is 752. The van der Waals surface area contributed by atoms with Crippen molar-refractivity contribution in [2.75, 3.05) is 18.1 Å². The van der Waals surface area contributed by atoms with E-state index in [-0.39, 0.29) is 11.7 Å². The van der Waals surface area contributed by atoms with Gasteiger partial charge in [0.1, 0.15) is 18.2 Å². The van der Waals surface area contributed by atoms with Crippen molar-refractivity contribution in [3.63, 3.8) is 0 Å². The number of hydrogen-bond acceptors (Lipinski definition) is 3. The van der Waals surface area contributed by atoms with Gasteiger partial charge >= 0.3 is 0 Å². The van der Waals surface area contributed by atoms with E-state index >= 15 is 0 Å². The highest BCUT2D eigenvalue weighted by Crippen LogP contribution is 2.34. The van der Waals surface area contributed by atoms with Crippen molar-refractivity contribution in [1.82, 2.24) is 10.2 Å². The Morgan fingerprint density at radius 2 is 2.08 bits per heavy atom. The molecule has 126 valence electrons. The van der Waals surface area contributed by atoms with E-state index in [4.69, 9.17) is 4.74 Å². The number of carbonyl (C=O) groups is 1. The van der Waals surface area contributed by atoms with Crippen LogP contribution < -0.4 is 9.64 Å². The standard InChI is InChI=1S/C18H20FN3O2/c19-13-6-7-16-17(10-13)24-9-8-22(16)18(23)15-11-14(20-21-15)12-4-2-1-3-5-12/h6-7,10-12H,1-5,8-9H2,(H,20,21). The first-order valence-corrected chi connectivity index (χ1v) is 8.52. The monoisotopic (exact) mass is 329 g/mol. The first kappa shape index (κ1) is 15.2. The lowest BCUT2D eigenvalue weighted by Crippen LogP contribution is -2.38. The van der Waals surface area contributed by atoms with Gasteiger partial charge in [-0.25, -0.2) is 4.39 Å². The third-order valence-corrected chi connectivity index (χ3v) is 4.89. The molecule has 2 heterocycles. The largest absolute Gasteiger partial charge is 0.489 e. The van der Waals surface area contributed by atoms with Gasteiger partial charge in [0.15, 0.2) is 5.69 Å². The van der Waals surface area contributed by atoms with E-state index in [1.54, 1.807) is 11.0 Å². The van der Waals surface area contributed by atoms with Gasteiger partial charge in [-0.05, 0) is 31.0 Å². The molecule has 1 aliphatic carbocycles. The molecule has 0 bridgehead atoms. The summed E-state index contributed by atoms with van der Waals surface area (Å²) in [5, 5.41) is 7.27. The molecular formula is C18H20FN3O2. The van der Waals surface area contributed by atoms with Crippen molar-refractivity contribution in [3.05, 3.63) is 41.5 Å². The number of aromatic amines is 1. The highest BCUT2D eigenvalue weighted by molar-refractivity contribution is 6.05. The molecule has 1 amide bonds. The Morgan fingerprint density at radius 3 is 2.92 bits per heavy atom. The van der Waals surface area contributed by atoms with Gasteiger partial charge in [0.2, 0.25) is 0 Å². The molecule has 2 aromatic rings. The van der Waals surface area contributed by atoms with Crippen LogP contribution >= 0.6 is 0 Å². The predicted octanol–water partition coefficient (Wildman–Crippen LogP) is 3.64. The van der Waals surface area contributed by atoms with Gasteiger partial charge in [-0.1, -0.05) is 19.3 Å². The third-order valence-electron chi connectivity index (χ3n) is 4.89. The lowest BCUT2D eigenvalue weighted by molar-refractivity contribution is 0.0971. The van der Waals surface area contributed by atoms with E-state index in [2.05, 4.69) is 10.2 Å². The fourth-order valence-electron chi connectivity index (χ4n) is 3.61. The Hall–Kier alpha value is -2.37. The molecule has 1 aromatic heterocycles. The molecule has 5 nitrogen and oxygen atoms in total. The van der Waals surface area contributed by atoms with Crippen LogP contribution in [0.15, 0.2) is 24.3 Å². The Morgan fingerprint density at radius 1 is 1.25 bits per heavy atom. The highest BCUT2D eigenvalue weighted by Gasteiger charge is 2.27. The summed E-state index contributed by atoms with van der Waals surface area (Å²) >= 11 is 0. The van der Waals surface area contributed by atoms with Gasteiger partial charge in [0.25, 0.3) is 5.91 Å². The molecule has 1 N–H and O–H groups in total. The first-order chi connectivity index (χ1) is 11.7. The molecule has 0 spiro atoms. The number of fused-ring (bicyclic) bond motifs is 1. The molecular weight excluding hydrogens is 309 g/mol. The van der Waals surface area contributed by atoms with Crippen LogP contribution in [0.25, 0.3) is 0 Å². The van der Waals surface area contributed by atoms with Crippen LogP contribution in [-0.4, -0.2) is 29.3 Å². The van der Waals surface area contributed by atoms with Gasteiger partial charge in [0, 0.05) is 17.7 Å². The van der Waals surface area contributed by atoms with Gasteiger partial charge < -0.3 is 9.64 Å². The van der Waals surface area contributed by atoms with Crippen LogP contribution in [0.2, 0.25) is 0 Å². The van der Waals surface area contributed by atoms with E-state index in [1.807, 2.05) is 6.07 Å². The summed E-state index contributed by atoms with van der Waals surface area (Å²) in [4.78, 5) is 14.4. The zero-order valence-electron chi connectivity index (χ0n) is 13.4. The second-order valence-corrected chi connectivity index (χ2v) is 6.46. The van der Waals surface area contributed by atoms with Crippen molar-refractivity contribution < 1.29 is 13.9 Å². The van der Waals surface area contributed by atoms with E-state index in [0.29, 0.717) is 36.2 Å². The van der Waals surface area contributed by atoms with E-state index < -0.39 is 0 Å². The van der Waals surface area contributed by atoms with Crippen molar-refractivity contribution in [2.24, 2.45) is 0 Å². The zero-order chi connectivity index (χ0) is 16.5.